The van der Waals surface area contributed by atoms with Gasteiger partial charge in [0.25, 0.3) is 0 Å². The highest BCUT2D eigenvalue weighted by atomic mass is 28.3. The van der Waals surface area contributed by atoms with Gasteiger partial charge in [-0.25, -0.2) is 0 Å². The average Bonchev–Trinajstić information content (AvgIpc) is 2.59. The molecule has 4 unspecified atom stereocenters. The van der Waals surface area contributed by atoms with Crippen molar-refractivity contribution >= 4 is 17.6 Å². The van der Waals surface area contributed by atoms with Crippen LogP contribution < -0.4 is 0 Å². The SMILES string of the molecule is C=C[SiH](C)C1(C2([SiH](C)CCC(F)(F)F)CCCCO2)CCCCO1. The summed E-state index contributed by atoms with van der Waals surface area (Å²) in [7, 11) is -3.30. The molecule has 2 fully saturated rings. The molecular weight excluding hydrogens is 349 g/mol. The normalized spacial score (nSPS) is 34.5. The smallest absolute Gasteiger partial charge is 0.376 e. The Bertz CT molecular complexity index is 417. The molecule has 0 aromatic heterocycles. The van der Waals surface area contributed by atoms with E-state index in [-0.39, 0.29) is 11.3 Å². The van der Waals surface area contributed by atoms with Crippen molar-refractivity contribution in [2.24, 2.45) is 0 Å². The first kappa shape index (κ1) is 20.2. The van der Waals surface area contributed by atoms with E-state index in [1.165, 1.54) is 0 Å². The van der Waals surface area contributed by atoms with Gasteiger partial charge in [0.1, 0.15) is 0 Å². The quantitative estimate of drug-likeness (QED) is 0.639. The maximum absolute atomic E-state index is 12.8. The lowest BCUT2D eigenvalue weighted by Crippen LogP contribution is -2.72. The number of halogens is 3. The number of hydrogen-bond acceptors (Lipinski definition) is 2. The van der Waals surface area contributed by atoms with Crippen LogP contribution in [0.15, 0.2) is 12.3 Å². The first-order chi connectivity index (χ1) is 11.3. The molecule has 0 aliphatic carbocycles. The summed E-state index contributed by atoms with van der Waals surface area (Å²) in [5.41, 5.74) is 2.04. The predicted octanol–water partition coefficient (Wildman–Crippen LogP) is 4.33. The van der Waals surface area contributed by atoms with Crippen LogP contribution in [0, 0.1) is 0 Å². The summed E-state index contributed by atoms with van der Waals surface area (Å²) in [6.45, 7) is 9.67. The molecule has 2 aliphatic heterocycles. The fraction of sp³-hybridized carbons (Fsp3) is 0.882. The molecule has 2 saturated heterocycles. The number of hydrogen-bond donors (Lipinski definition) is 0. The van der Waals surface area contributed by atoms with Crippen LogP contribution >= 0.6 is 0 Å². The van der Waals surface area contributed by atoms with Crippen LogP contribution in [-0.4, -0.2) is 47.4 Å². The molecule has 140 valence electrons. The molecule has 2 nitrogen and oxygen atoms in total. The van der Waals surface area contributed by atoms with Crippen LogP contribution in [0.2, 0.25) is 19.1 Å². The molecule has 0 aromatic carbocycles. The molecular formula is C17H31F3O2Si2. The van der Waals surface area contributed by atoms with Gasteiger partial charge in [0.15, 0.2) is 0 Å². The van der Waals surface area contributed by atoms with Crippen molar-refractivity contribution in [1.82, 2.24) is 0 Å². The monoisotopic (exact) mass is 380 g/mol. The Labute approximate surface area is 147 Å². The zero-order chi connectivity index (χ0) is 17.8. The van der Waals surface area contributed by atoms with Crippen molar-refractivity contribution < 1.29 is 22.6 Å². The first-order valence-electron chi connectivity index (χ1n) is 9.25. The Kier molecular flexibility index (Phi) is 6.78. The molecule has 2 heterocycles. The summed E-state index contributed by atoms with van der Waals surface area (Å²) in [6.07, 6.45) is 1.17. The molecule has 0 spiro atoms. The van der Waals surface area contributed by atoms with E-state index < -0.39 is 35.4 Å². The molecule has 0 radical (unpaired) electrons. The van der Waals surface area contributed by atoms with Gasteiger partial charge < -0.3 is 9.47 Å². The fourth-order valence-corrected chi connectivity index (χ4v) is 12.1. The van der Waals surface area contributed by atoms with Crippen molar-refractivity contribution in [3.8, 4) is 0 Å². The lowest BCUT2D eigenvalue weighted by molar-refractivity contribution is -0.165. The van der Waals surface area contributed by atoms with Crippen molar-refractivity contribution in [3.05, 3.63) is 12.3 Å². The Balaban J connectivity index is 2.34. The van der Waals surface area contributed by atoms with E-state index in [4.69, 9.17) is 9.47 Å². The van der Waals surface area contributed by atoms with E-state index in [0.717, 1.165) is 38.5 Å². The minimum Gasteiger partial charge on any atom is -0.376 e. The maximum atomic E-state index is 12.8. The lowest BCUT2D eigenvalue weighted by atomic mass is 9.96. The van der Waals surface area contributed by atoms with E-state index in [1.807, 2.05) is 5.70 Å². The molecule has 0 amide bonds. The molecule has 2 rings (SSSR count). The van der Waals surface area contributed by atoms with Gasteiger partial charge in [0.2, 0.25) is 0 Å². The predicted molar refractivity (Wildman–Crippen MR) is 96.8 cm³/mol. The maximum Gasteiger partial charge on any atom is 0.388 e. The summed E-state index contributed by atoms with van der Waals surface area (Å²) >= 11 is 0. The van der Waals surface area contributed by atoms with Crippen LogP contribution in [0.5, 0.6) is 0 Å². The van der Waals surface area contributed by atoms with Crippen LogP contribution in [0.25, 0.3) is 0 Å². The third-order valence-corrected chi connectivity index (χ3v) is 13.2. The standard InChI is InChI=1S/C17H31F3O2Si2/c1-4-23(2)15(9-5-7-12-21-15)16(10-6-8-13-22-16)24(3)14-11-17(18,19)20/h4,23-24H,1,5-14H2,2-3H3. The van der Waals surface area contributed by atoms with E-state index in [1.54, 1.807) is 0 Å². The molecule has 0 bridgehead atoms. The van der Waals surface area contributed by atoms with Gasteiger partial charge in [-0.1, -0.05) is 13.1 Å². The molecule has 0 aromatic rings. The van der Waals surface area contributed by atoms with Gasteiger partial charge in [-0.3, -0.25) is 0 Å². The second-order valence-electron chi connectivity index (χ2n) is 7.47. The summed E-state index contributed by atoms with van der Waals surface area (Å²) in [5.74, 6) is 0. The lowest BCUT2D eigenvalue weighted by Gasteiger charge is -2.58. The molecule has 0 N–H and O–H groups in total. The summed E-state index contributed by atoms with van der Waals surface area (Å²) in [4.78, 5) is 0. The van der Waals surface area contributed by atoms with Crippen LogP contribution in [-0.2, 0) is 9.47 Å². The van der Waals surface area contributed by atoms with Crippen LogP contribution in [0.4, 0.5) is 13.2 Å². The fourth-order valence-electron chi connectivity index (χ4n) is 4.65. The van der Waals surface area contributed by atoms with E-state index in [0.29, 0.717) is 13.2 Å². The van der Waals surface area contributed by atoms with E-state index in [9.17, 15) is 13.2 Å². The summed E-state index contributed by atoms with van der Waals surface area (Å²) < 4.78 is 51.3. The third-order valence-electron chi connectivity index (χ3n) is 6.07. The molecule has 24 heavy (non-hydrogen) atoms. The highest BCUT2D eigenvalue weighted by Crippen LogP contribution is 2.47. The van der Waals surface area contributed by atoms with Crippen molar-refractivity contribution in [2.45, 2.75) is 80.7 Å². The molecule has 4 atom stereocenters. The largest absolute Gasteiger partial charge is 0.388 e. The molecule has 7 heteroatoms. The Morgan fingerprint density at radius 3 is 1.96 bits per heavy atom. The Morgan fingerprint density at radius 2 is 1.54 bits per heavy atom. The Morgan fingerprint density at radius 1 is 1.00 bits per heavy atom. The minimum atomic E-state index is -4.08. The van der Waals surface area contributed by atoms with E-state index >= 15 is 0 Å². The van der Waals surface area contributed by atoms with Crippen LogP contribution in [0.1, 0.15) is 44.9 Å². The summed E-state index contributed by atoms with van der Waals surface area (Å²) in [5, 5.41) is -0.804. The topological polar surface area (TPSA) is 18.5 Å². The van der Waals surface area contributed by atoms with Gasteiger partial charge >= 0.3 is 6.18 Å². The number of rotatable bonds is 6. The zero-order valence-electron chi connectivity index (χ0n) is 15.0. The van der Waals surface area contributed by atoms with Crippen LogP contribution in [0.3, 0.4) is 0 Å². The van der Waals surface area contributed by atoms with Crippen molar-refractivity contribution in [3.63, 3.8) is 0 Å². The third kappa shape index (κ3) is 3.99. The highest BCUT2D eigenvalue weighted by molar-refractivity contribution is 6.71. The van der Waals surface area contributed by atoms with E-state index in [2.05, 4.69) is 19.7 Å². The van der Waals surface area contributed by atoms with Crippen molar-refractivity contribution in [1.29, 1.82) is 0 Å². The average molecular weight is 381 g/mol. The number of alkyl halides is 3. The summed E-state index contributed by atoms with van der Waals surface area (Å²) in [6, 6.07) is 0.243. The van der Waals surface area contributed by atoms with Crippen molar-refractivity contribution in [2.75, 3.05) is 13.2 Å². The van der Waals surface area contributed by atoms with Gasteiger partial charge in [0, 0.05) is 19.6 Å². The van der Waals surface area contributed by atoms with Gasteiger partial charge in [-0.2, -0.15) is 13.2 Å². The number of ether oxygens (including phenoxy) is 2. The van der Waals surface area contributed by atoms with Gasteiger partial charge in [0.05, 0.1) is 28.0 Å². The second-order valence-corrected chi connectivity index (χ2v) is 13.8. The minimum absolute atomic E-state index is 0.243. The Hall–Kier alpha value is -0.116. The van der Waals surface area contributed by atoms with Gasteiger partial charge in [-0.15, -0.1) is 12.3 Å². The van der Waals surface area contributed by atoms with Gasteiger partial charge in [-0.05, 0) is 44.6 Å². The molecule has 0 saturated carbocycles. The molecule has 2 aliphatic rings. The highest BCUT2D eigenvalue weighted by Gasteiger charge is 2.59. The second kappa shape index (κ2) is 8.06. The zero-order valence-corrected chi connectivity index (χ0v) is 17.3. The first-order valence-corrected chi connectivity index (χ1v) is 14.2.